The fourth-order valence-electron chi connectivity index (χ4n) is 9.57. The Morgan fingerprint density at radius 3 is 2.20 bits per heavy atom. The van der Waals surface area contributed by atoms with Crippen molar-refractivity contribution in [2.75, 3.05) is 44.7 Å². The highest BCUT2D eigenvalue weighted by molar-refractivity contribution is 8.07. The summed E-state index contributed by atoms with van der Waals surface area (Å²) in [6.07, 6.45) is -8.48. The highest BCUT2D eigenvalue weighted by Gasteiger charge is 2.53. The molecular weight excluding hydrogens is 1150 g/mol. The zero-order valence-electron chi connectivity index (χ0n) is 45.2. The first kappa shape index (κ1) is 59.3. The average molecular weight is 1210 g/mol. The maximum Gasteiger partial charge on any atom is 0.695 e. The summed E-state index contributed by atoms with van der Waals surface area (Å²) in [6.45, 7) is -2.21. The molecular formula is C54H54FN12O14P2S+. The molecule has 0 bridgehead atoms. The van der Waals surface area contributed by atoms with Crippen molar-refractivity contribution in [3.63, 3.8) is 0 Å². The molecule has 8 aromatic rings. The summed E-state index contributed by atoms with van der Waals surface area (Å²) in [6, 6.07) is 34.1. The largest absolute Gasteiger partial charge is 0.695 e. The van der Waals surface area contributed by atoms with E-state index in [1.165, 1.54) is 10.9 Å². The van der Waals surface area contributed by atoms with Crippen molar-refractivity contribution >= 4 is 72.7 Å². The third-order valence-corrected chi connectivity index (χ3v) is 16.5. The van der Waals surface area contributed by atoms with Gasteiger partial charge in [0.2, 0.25) is 11.9 Å². The van der Waals surface area contributed by atoms with E-state index in [4.69, 9.17) is 53.6 Å². The number of hydrogen-bond acceptors (Lipinski definition) is 21. The van der Waals surface area contributed by atoms with Gasteiger partial charge in [0.25, 0.3) is 11.5 Å². The molecule has 0 radical (unpaired) electrons. The van der Waals surface area contributed by atoms with Crippen molar-refractivity contribution in [2.45, 2.75) is 75.3 Å². The van der Waals surface area contributed by atoms with Crippen LogP contribution in [0.4, 0.5) is 16.2 Å². The maximum atomic E-state index is 18.1. The second-order valence-corrected chi connectivity index (χ2v) is 22.9. The van der Waals surface area contributed by atoms with Crippen LogP contribution in [0.3, 0.4) is 0 Å². The van der Waals surface area contributed by atoms with Gasteiger partial charge >= 0.3 is 15.0 Å². The number of nitriles is 1. The smallest absolute Gasteiger partial charge is 0.497 e. The lowest BCUT2D eigenvalue weighted by Gasteiger charge is -2.37. The van der Waals surface area contributed by atoms with E-state index in [0.29, 0.717) is 33.8 Å². The second kappa shape index (κ2) is 25.9. The molecule has 84 heavy (non-hydrogen) atoms. The number of aromatic nitrogens is 9. The number of aromatic amines is 1. The van der Waals surface area contributed by atoms with Gasteiger partial charge in [0, 0.05) is 22.5 Å². The number of imidazole rings is 1. The summed E-state index contributed by atoms with van der Waals surface area (Å²) in [4.78, 5) is 68.7. The zero-order valence-corrected chi connectivity index (χ0v) is 47.8. The Hall–Kier alpha value is -7.90. The van der Waals surface area contributed by atoms with Gasteiger partial charge in [0.05, 0.1) is 59.0 Å². The number of methoxy groups -OCH3 is 2. The molecule has 10 rings (SSSR count). The number of nitrogens with one attached hydrogen (secondary N) is 3. The van der Waals surface area contributed by atoms with E-state index in [-0.39, 0.29) is 53.5 Å². The van der Waals surface area contributed by atoms with Crippen LogP contribution in [0.1, 0.15) is 66.2 Å². The van der Waals surface area contributed by atoms with Crippen LogP contribution in [-0.4, -0.2) is 126 Å². The average Bonchev–Trinajstić information content (AvgIpc) is 3.70. The standard InChI is InChI=1S/C54H53FN12O14P2S/c1-31(2)48(68)62-53-61-47-43(50(70)63-53)59-30-66(47)51-39(80-82(71)72)26-38(78-51)27-77-83(84,76-25-11-24-56)81-44-40(79-52(41(44)55)67-46-42(64-65-67)45(57-29-58-46)60-49(69)32-12-7-5-8-13-32)28-75-54(33-14-9-6-10-15-33,34-16-20-36(73-3)21-17-34)35-18-22-37(74-4)23-19-35/h5-10,12-23,29-31,38-41,44,51-52H,11,25-28H2,1-4H3,(H3-,57,58,60,61,62,63,65,68,69,70,71,72)/p+1/t38-,39-,40+,41-,44+,51+,52+,83?/m0/s1. The summed E-state index contributed by atoms with van der Waals surface area (Å²) in [5.41, 5.74) is -0.147. The second-order valence-electron chi connectivity index (χ2n) is 19.3. The van der Waals surface area contributed by atoms with Crippen LogP contribution in [-0.2, 0) is 59.1 Å². The number of carbonyl (C=O) groups is 2. The van der Waals surface area contributed by atoms with Gasteiger partial charge in [0.1, 0.15) is 35.6 Å². The van der Waals surface area contributed by atoms with Crippen LogP contribution in [0.2, 0.25) is 0 Å². The number of ether oxygens (including phenoxy) is 5. The third kappa shape index (κ3) is 12.6. The molecule has 436 valence electrons. The molecule has 4 aromatic carbocycles. The minimum absolute atomic E-state index is 0.00218. The number of rotatable bonds is 24. The Kier molecular flexibility index (Phi) is 18.3. The monoisotopic (exact) mass is 1210 g/mol. The molecule has 0 spiro atoms. The van der Waals surface area contributed by atoms with Gasteiger partial charge in [-0.05, 0) is 64.9 Å². The zero-order chi connectivity index (χ0) is 59.1. The highest BCUT2D eigenvalue weighted by Crippen LogP contribution is 2.55. The van der Waals surface area contributed by atoms with E-state index in [2.05, 4.69) is 45.9 Å². The Morgan fingerprint density at radius 1 is 0.893 bits per heavy atom. The minimum atomic E-state index is -4.27. The van der Waals surface area contributed by atoms with E-state index >= 15 is 4.39 Å². The molecule has 6 heterocycles. The van der Waals surface area contributed by atoms with Crippen molar-refractivity contribution in [3.8, 4) is 17.6 Å². The van der Waals surface area contributed by atoms with Gasteiger partial charge in [-0.3, -0.25) is 33.8 Å². The van der Waals surface area contributed by atoms with E-state index in [0.717, 1.165) is 11.0 Å². The van der Waals surface area contributed by atoms with Crippen LogP contribution in [0.25, 0.3) is 22.3 Å². The van der Waals surface area contributed by atoms with Gasteiger partial charge < -0.3 is 38.0 Å². The molecule has 4 aromatic heterocycles. The number of amides is 2. The Balaban J connectivity index is 1.00. The number of alkyl halides is 1. The Morgan fingerprint density at radius 2 is 1.56 bits per heavy atom. The minimum Gasteiger partial charge on any atom is -0.497 e. The van der Waals surface area contributed by atoms with Gasteiger partial charge in [-0.2, -0.15) is 14.9 Å². The first-order valence-electron chi connectivity index (χ1n) is 26.0. The lowest BCUT2D eigenvalue weighted by molar-refractivity contribution is -0.118. The summed E-state index contributed by atoms with van der Waals surface area (Å²) in [5.74, 6) is -0.491. The normalized spacial score (nSPS) is 20.6. The lowest BCUT2D eigenvalue weighted by Crippen LogP contribution is -2.40. The van der Waals surface area contributed by atoms with Crippen LogP contribution in [0.5, 0.6) is 11.5 Å². The summed E-state index contributed by atoms with van der Waals surface area (Å²) in [7, 11) is -0.147. The van der Waals surface area contributed by atoms with Crippen LogP contribution < -0.4 is 25.7 Å². The quantitative estimate of drug-likeness (QED) is 0.0261. The summed E-state index contributed by atoms with van der Waals surface area (Å²) >= 11 is 6.07. The third-order valence-electron chi connectivity index (χ3n) is 13.7. The molecule has 4 N–H and O–H groups in total. The number of carbonyl (C=O) groups excluding carboxylic acids is 2. The van der Waals surface area contributed by atoms with E-state index in [1.807, 2.05) is 60.7 Å². The predicted molar refractivity (Wildman–Crippen MR) is 301 cm³/mol. The van der Waals surface area contributed by atoms with Crippen molar-refractivity contribution in [1.82, 2.24) is 44.5 Å². The molecule has 2 aliphatic heterocycles. The molecule has 30 heteroatoms. The van der Waals surface area contributed by atoms with Gasteiger partial charge in [-0.25, -0.2) is 19.3 Å². The number of fused-ring (bicyclic) bond motifs is 2. The molecule has 2 amide bonds. The van der Waals surface area contributed by atoms with Crippen molar-refractivity contribution in [2.24, 2.45) is 5.92 Å². The molecule has 0 saturated carbocycles. The van der Waals surface area contributed by atoms with Gasteiger partial charge in [-0.15, -0.1) is 14.5 Å². The molecule has 26 nitrogen and oxygen atoms in total. The summed E-state index contributed by atoms with van der Waals surface area (Å²) in [5, 5.41) is 23.4. The van der Waals surface area contributed by atoms with E-state index in [1.54, 1.807) is 82.7 Å². The predicted octanol–water partition coefficient (Wildman–Crippen LogP) is 7.34. The molecule has 0 aliphatic carbocycles. The SMILES string of the molecule is COc1ccc(C(OC[C@H]2O[C@@H](n3nnc4c(NC(=O)c5ccccc5)ncnc43)[C@@H](F)[C@@H]2OP(=S)(OCCC#N)OC[C@@H]2C[C@H](O[P+](=O)O)[C@H](n3cnc4c(=O)[nH]c(NC(=O)C(C)C)nc43)O2)(c2ccccc2)c2ccc(OC)cc2)cc1. The van der Waals surface area contributed by atoms with Crippen molar-refractivity contribution in [3.05, 3.63) is 154 Å². The van der Waals surface area contributed by atoms with Gasteiger partial charge in [-0.1, -0.05) is 91.9 Å². The van der Waals surface area contributed by atoms with Crippen molar-refractivity contribution in [1.29, 1.82) is 5.26 Å². The lowest BCUT2D eigenvalue weighted by atomic mass is 9.80. The first-order valence-corrected chi connectivity index (χ1v) is 29.7. The number of anilines is 2. The fourth-order valence-corrected chi connectivity index (χ4v) is 12.1. The van der Waals surface area contributed by atoms with Gasteiger partial charge in [0.15, 0.2) is 52.9 Å². The molecule has 9 atom stereocenters. The highest BCUT2D eigenvalue weighted by atomic mass is 32.5. The Bertz CT molecular complexity index is 3760. The topological polar surface area (TPSA) is 322 Å². The van der Waals surface area contributed by atoms with E-state index in [9.17, 15) is 29.1 Å². The maximum absolute atomic E-state index is 18.1. The fraction of sp³-hybridized carbons (Fsp3) is 0.333. The Labute approximate surface area is 483 Å². The number of H-pyrrole nitrogens is 1. The molecule has 2 unspecified atom stereocenters. The number of halogens is 1. The van der Waals surface area contributed by atoms with E-state index < -0.39 is 100 Å². The molecule has 2 saturated heterocycles. The number of benzene rings is 4. The van der Waals surface area contributed by atoms with Crippen LogP contribution in [0.15, 0.2) is 127 Å². The number of nitrogens with zero attached hydrogens (tertiary/aromatic N) is 9. The summed E-state index contributed by atoms with van der Waals surface area (Å²) < 4.78 is 88.6. The molecule has 2 fully saturated rings. The number of hydrogen-bond donors (Lipinski definition) is 4. The first-order chi connectivity index (χ1) is 40.6. The molecule has 2 aliphatic rings. The van der Waals surface area contributed by atoms with Crippen LogP contribution in [0, 0.1) is 17.2 Å². The van der Waals surface area contributed by atoms with Crippen molar-refractivity contribution < 1.29 is 65.2 Å². The van der Waals surface area contributed by atoms with Crippen LogP contribution >= 0.6 is 15.0 Å².